The highest BCUT2D eigenvalue weighted by atomic mass is 19.1. The molecule has 1 aromatic rings. The maximum Gasteiger partial charge on any atom is 0.127 e. The van der Waals surface area contributed by atoms with Crippen LogP contribution in [0.4, 0.5) is 4.39 Å². The molecule has 0 amide bonds. The van der Waals surface area contributed by atoms with Crippen LogP contribution in [0.15, 0.2) is 24.3 Å². The quantitative estimate of drug-likeness (QED) is 0.807. The second-order valence-electron chi connectivity index (χ2n) is 4.74. The van der Waals surface area contributed by atoms with Crippen LogP contribution in [-0.4, -0.2) is 38.3 Å². The maximum atomic E-state index is 13.6. The van der Waals surface area contributed by atoms with E-state index < -0.39 is 0 Å². The molecule has 0 heterocycles. The van der Waals surface area contributed by atoms with Gasteiger partial charge in [0.2, 0.25) is 0 Å². The fourth-order valence-electron chi connectivity index (χ4n) is 2.23. The van der Waals surface area contributed by atoms with E-state index in [-0.39, 0.29) is 11.9 Å². The molecule has 4 heteroatoms. The lowest BCUT2D eigenvalue weighted by atomic mass is 10.0. The Hall–Kier alpha value is -0.970. The highest BCUT2D eigenvalue weighted by molar-refractivity contribution is 5.17. The predicted octanol–water partition coefficient (Wildman–Crippen LogP) is 1.87. The van der Waals surface area contributed by atoms with Crippen molar-refractivity contribution in [1.29, 1.82) is 0 Å². The molecule has 0 aliphatic rings. The van der Waals surface area contributed by atoms with Crippen molar-refractivity contribution in [2.24, 2.45) is 11.7 Å². The van der Waals surface area contributed by atoms with Crippen LogP contribution in [0.3, 0.4) is 0 Å². The number of likely N-dealkylation sites (N-methyl/N-ethyl adjacent to an activating group) is 1. The van der Waals surface area contributed by atoms with Crippen molar-refractivity contribution in [3.8, 4) is 0 Å². The average molecular weight is 254 g/mol. The zero-order valence-electron chi connectivity index (χ0n) is 11.4. The van der Waals surface area contributed by atoms with E-state index in [1.807, 2.05) is 13.1 Å². The van der Waals surface area contributed by atoms with E-state index in [0.717, 1.165) is 0 Å². The van der Waals surface area contributed by atoms with Gasteiger partial charge in [-0.3, -0.25) is 4.90 Å². The first kappa shape index (κ1) is 15.1. The Morgan fingerprint density at radius 1 is 1.39 bits per heavy atom. The summed E-state index contributed by atoms with van der Waals surface area (Å²) in [4.78, 5) is 2.09. The van der Waals surface area contributed by atoms with Crippen molar-refractivity contribution in [1.82, 2.24) is 4.90 Å². The Morgan fingerprint density at radius 2 is 2.06 bits per heavy atom. The van der Waals surface area contributed by atoms with E-state index >= 15 is 0 Å². The van der Waals surface area contributed by atoms with Gasteiger partial charge < -0.3 is 10.5 Å². The third-order valence-electron chi connectivity index (χ3n) is 3.27. The van der Waals surface area contributed by atoms with Crippen LogP contribution < -0.4 is 5.73 Å². The van der Waals surface area contributed by atoms with Gasteiger partial charge in [-0.1, -0.05) is 25.1 Å². The Bertz CT molecular complexity index is 359. The molecule has 0 saturated heterocycles. The monoisotopic (exact) mass is 254 g/mol. The summed E-state index contributed by atoms with van der Waals surface area (Å²) in [6.07, 6.45) is 0. The van der Waals surface area contributed by atoms with Crippen molar-refractivity contribution >= 4 is 0 Å². The zero-order valence-corrected chi connectivity index (χ0v) is 11.4. The maximum absolute atomic E-state index is 13.6. The first-order valence-electron chi connectivity index (χ1n) is 6.22. The number of rotatable bonds is 7. The minimum Gasteiger partial charge on any atom is -0.384 e. The summed E-state index contributed by atoms with van der Waals surface area (Å²) in [6.45, 7) is 3.85. The molecule has 0 spiro atoms. The summed E-state index contributed by atoms with van der Waals surface area (Å²) in [5, 5.41) is 0. The van der Waals surface area contributed by atoms with Crippen LogP contribution in [0.1, 0.15) is 12.5 Å². The van der Waals surface area contributed by atoms with E-state index in [1.165, 1.54) is 6.07 Å². The van der Waals surface area contributed by atoms with Crippen molar-refractivity contribution in [2.45, 2.75) is 19.5 Å². The summed E-state index contributed by atoms with van der Waals surface area (Å²) >= 11 is 0. The third kappa shape index (κ3) is 4.05. The number of halogens is 1. The van der Waals surface area contributed by atoms with Gasteiger partial charge in [-0.05, 0) is 19.0 Å². The second kappa shape index (κ2) is 7.46. The molecule has 0 saturated carbocycles. The van der Waals surface area contributed by atoms with Crippen LogP contribution in [0.2, 0.25) is 0 Å². The topological polar surface area (TPSA) is 38.5 Å². The Labute approximate surface area is 109 Å². The number of nitrogens with two attached hydrogens (primary N) is 1. The van der Waals surface area contributed by atoms with Crippen LogP contribution >= 0.6 is 0 Å². The lowest BCUT2D eigenvalue weighted by molar-refractivity contribution is 0.0948. The molecule has 3 nitrogen and oxygen atoms in total. The largest absolute Gasteiger partial charge is 0.384 e. The lowest BCUT2D eigenvalue weighted by Crippen LogP contribution is -2.43. The van der Waals surface area contributed by atoms with E-state index in [2.05, 4.69) is 11.8 Å². The molecule has 1 aromatic carbocycles. The van der Waals surface area contributed by atoms with Crippen LogP contribution in [0, 0.1) is 11.7 Å². The number of methoxy groups -OCH3 is 1. The summed E-state index contributed by atoms with van der Waals surface area (Å²) in [6, 6.07) is 7.03. The molecule has 18 heavy (non-hydrogen) atoms. The average Bonchev–Trinajstić information content (AvgIpc) is 2.33. The molecule has 2 atom stereocenters. The third-order valence-corrected chi connectivity index (χ3v) is 3.27. The Kier molecular flexibility index (Phi) is 6.25. The number of nitrogens with zero attached hydrogens (tertiary/aromatic N) is 1. The molecular formula is C14H23FN2O. The van der Waals surface area contributed by atoms with Crippen molar-refractivity contribution < 1.29 is 9.13 Å². The van der Waals surface area contributed by atoms with Crippen molar-refractivity contribution in [3.63, 3.8) is 0 Å². The fourth-order valence-corrected chi connectivity index (χ4v) is 2.23. The van der Waals surface area contributed by atoms with Crippen molar-refractivity contribution in [2.75, 3.05) is 27.3 Å². The van der Waals surface area contributed by atoms with Gasteiger partial charge in [0.25, 0.3) is 0 Å². The summed E-state index contributed by atoms with van der Waals surface area (Å²) in [5.41, 5.74) is 6.50. The number of hydrogen-bond donors (Lipinski definition) is 1. The van der Waals surface area contributed by atoms with Gasteiger partial charge in [0.1, 0.15) is 5.82 Å². The van der Waals surface area contributed by atoms with Crippen LogP contribution in [-0.2, 0) is 11.3 Å². The first-order chi connectivity index (χ1) is 8.60. The molecule has 0 aliphatic heterocycles. The van der Waals surface area contributed by atoms with Gasteiger partial charge in [-0.15, -0.1) is 0 Å². The minimum absolute atomic E-state index is 0.167. The predicted molar refractivity (Wildman–Crippen MR) is 71.7 cm³/mol. The Morgan fingerprint density at radius 3 is 2.61 bits per heavy atom. The SMILES string of the molecule is COCC(C)C(CN)N(C)Cc1ccccc1F. The molecule has 2 N–H and O–H groups in total. The smallest absolute Gasteiger partial charge is 0.127 e. The molecule has 0 aliphatic carbocycles. The summed E-state index contributed by atoms with van der Waals surface area (Å²) in [5.74, 6) is 0.149. The molecule has 0 radical (unpaired) electrons. The Balaban J connectivity index is 2.68. The molecule has 0 aromatic heterocycles. The van der Waals surface area contributed by atoms with Crippen LogP contribution in [0.5, 0.6) is 0 Å². The van der Waals surface area contributed by atoms with Gasteiger partial charge >= 0.3 is 0 Å². The van der Waals surface area contributed by atoms with Gasteiger partial charge in [0.05, 0.1) is 6.61 Å². The molecule has 1 rings (SSSR count). The van der Waals surface area contributed by atoms with Crippen molar-refractivity contribution in [3.05, 3.63) is 35.6 Å². The van der Waals surface area contributed by atoms with Gasteiger partial charge in [0.15, 0.2) is 0 Å². The molecule has 102 valence electrons. The summed E-state index contributed by atoms with van der Waals surface area (Å²) < 4.78 is 18.7. The molecular weight excluding hydrogens is 231 g/mol. The van der Waals surface area contributed by atoms with E-state index in [1.54, 1.807) is 19.2 Å². The van der Waals surface area contributed by atoms with Crippen LogP contribution in [0.25, 0.3) is 0 Å². The van der Waals surface area contributed by atoms with Gasteiger partial charge in [-0.2, -0.15) is 0 Å². The number of benzene rings is 1. The minimum atomic E-state index is -0.167. The normalized spacial score (nSPS) is 14.8. The molecule has 0 bridgehead atoms. The number of ether oxygens (including phenoxy) is 1. The first-order valence-corrected chi connectivity index (χ1v) is 6.22. The molecule has 2 unspecified atom stereocenters. The molecule has 0 fully saturated rings. The van der Waals surface area contributed by atoms with Gasteiger partial charge in [-0.25, -0.2) is 4.39 Å². The highest BCUT2D eigenvalue weighted by Gasteiger charge is 2.21. The highest BCUT2D eigenvalue weighted by Crippen LogP contribution is 2.15. The zero-order chi connectivity index (χ0) is 13.5. The standard InChI is InChI=1S/C14H23FN2O/c1-11(10-18-3)14(8-16)17(2)9-12-6-4-5-7-13(12)15/h4-7,11,14H,8-10,16H2,1-3H3. The van der Waals surface area contributed by atoms with Gasteiger partial charge in [0, 0.05) is 31.8 Å². The lowest BCUT2D eigenvalue weighted by Gasteiger charge is -2.31. The van der Waals surface area contributed by atoms with E-state index in [4.69, 9.17) is 10.5 Å². The van der Waals surface area contributed by atoms with E-state index in [0.29, 0.717) is 31.2 Å². The fraction of sp³-hybridized carbons (Fsp3) is 0.571. The number of hydrogen-bond acceptors (Lipinski definition) is 3. The second-order valence-corrected chi connectivity index (χ2v) is 4.74. The summed E-state index contributed by atoms with van der Waals surface area (Å²) in [7, 11) is 3.65. The van der Waals surface area contributed by atoms with E-state index in [9.17, 15) is 4.39 Å².